The molecule has 0 bridgehead atoms. The summed E-state index contributed by atoms with van der Waals surface area (Å²) < 4.78 is 19.1. The van der Waals surface area contributed by atoms with Crippen molar-refractivity contribution in [3.8, 4) is 0 Å². The molecule has 0 radical (unpaired) electrons. The summed E-state index contributed by atoms with van der Waals surface area (Å²) in [5, 5.41) is 1.84. The van der Waals surface area contributed by atoms with Gasteiger partial charge in [0.25, 0.3) is 0 Å². The molecule has 2 heterocycles. The second-order valence-corrected chi connectivity index (χ2v) is 11.5. The molecule has 0 amide bonds. The Morgan fingerprint density at radius 1 is 0.943 bits per heavy atom. The highest BCUT2D eigenvalue weighted by atomic mass is 28.3. The third-order valence-corrected chi connectivity index (χ3v) is 7.12. The average Bonchev–Trinajstić information content (AvgIpc) is 3.13. The van der Waals surface area contributed by atoms with Crippen LogP contribution in [0, 0.1) is 12.3 Å². The molecule has 4 rings (SSSR count). The van der Waals surface area contributed by atoms with Crippen LogP contribution in [0.25, 0.3) is 5.65 Å². The summed E-state index contributed by atoms with van der Waals surface area (Å²) in [4.78, 5) is 16.3. The lowest BCUT2D eigenvalue weighted by atomic mass is 9.89. The highest BCUT2D eigenvalue weighted by Crippen LogP contribution is 2.22. The first-order valence-electron chi connectivity index (χ1n) is 11.9. The van der Waals surface area contributed by atoms with Gasteiger partial charge in [0.2, 0.25) is 0 Å². The van der Waals surface area contributed by atoms with Crippen molar-refractivity contribution in [2.24, 2.45) is 5.41 Å². The van der Waals surface area contributed by atoms with E-state index in [2.05, 4.69) is 38.0 Å². The lowest BCUT2D eigenvalue weighted by Crippen LogP contribution is -2.33. The molecule has 35 heavy (non-hydrogen) atoms. The van der Waals surface area contributed by atoms with E-state index in [4.69, 9.17) is 4.74 Å². The fourth-order valence-electron chi connectivity index (χ4n) is 3.88. The van der Waals surface area contributed by atoms with E-state index in [1.807, 2.05) is 85.0 Å². The van der Waals surface area contributed by atoms with Crippen molar-refractivity contribution in [1.29, 1.82) is 0 Å². The van der Waals surface area contributed by atoms with Crippen LogP contribution in [0.5, 0.6) is 0 Å². The van der Waals surface area contributed by atoms with Crippen LogP contribution < -0.4 is 10.4 Å². The highest BCUT2D eigenvalue weighted by molar-refractivity contribution is 6.72. The number of esters is 1. The molecular weight excluding hydrogens is 452 g/mol. The Hall–Kier alpha value is -3.38. The van der Waals surface area contributed by atoms with Crippen LogP contribution in [0.15, 0.2) is 79.0 Å². The monoisotopic (exact) mass is 486 g/mol. The number of benzene rings is 2. The van der Waals surface area contributed by atoms with Gasteiger partial charge < -0.3 is 13.6 Å². The lowest BCUT2D eigenvalue weighted by molar-refractivity contribution is -0.142. The van der Waals surface area contributed by atoms with Gasteiger partial charge in [-0.25, -0.2) is 4.98 Å². The third-order valence-electron chi connectivity index (χ3n) is 5.40. The molecule has 2 aromatic heterocycles. The molecular formula is C29H34N2O3Si. The number of pyridine rings is 1. The number of carbonyl (C=O) groups excluding carboxylic acids is 1. The van der Waals surface area contributed by atoms with Crippen LogP contribution in [0.1, 0.15) is 44.6 Å². The molecule has 0 aliphatic heterocycles. The van der Waals surface area contributed by atoms with E-state index in [1.54, 1.807) is 0 Å². The van der Waals surface area contributed by atoms with Crippen molar-refractivity contribution in [1.82, 2.24) is 9.38 Å². The van der Waals surface area contributed by atoms with Crippen LogP contribution in [0.3, 0.4) is 0 Å². The van der Waals surface area contributed by atoms with Crippen molar-refractivity contribution in [2.75, 3.05) is 6.61 Å². The van der Waals surface area contributed by atoms with E-state index < -0.39 is 8.68 Å². The first-order chi connectivity index (χ1) is 16.7. The molecule has 0 saturated carbocycles. The van der Waals surface area contributed by atoms with Crippen LogP contribution in [-0.2, 0) is 26.8 Å². The standard InChI is InChI=1S/C17H24N2O2.C12H10OSi/c1-6-21-16(20)9-14-12(2)18-15-8-7-13(11-19(14)15)10-17(3,4)5;13-14(11-7-3-1-4-8-11)12-9-5-2-6-10-12/h7-8,11H,6,9-10H2,1-5H3;1-10H. The third kappa shape index (κ3) is 7.55. The predicted molar refractivity (Wildman–Crippen MR) is 142 cm³/mol. The van der Waals surface area contributed by atoms with E-state index in [-0.39, 0.29) is 17.8 Å². The van der Waals surface area contributed by atoms with Crippen LogP contribution in [0.2, 0.25) is 0 Å². The largest absolute Gasteiger partial charge is 0.466 e. The minimum atomic E-state index is -1.79. The fourth-order valence-corrected chi connectivity index (χ4v) is 5.20. The Kier molecular flexibility index (Phi) is 8.88. The molecule has 0 unspecified atom stereocenters. The van der Waals surface area contributed by atoms with E-state index in [9.17, 15) is 9.26 Å². The van der Waals surface area contributed by atoms with E-state index in [0.717, 1.165) is 33.8 Å². The fraction of sp³-hybridized carbons (Fsp3) is 0.310. The Labute approximate surface area is 209 Å². The molecule has 5 nitrogen and oxygen atoms in total. The number of fused-ring (bicyclic) bond motifs is 1. The molecule has 0 atom stereocenters. The molecule has 0 fully saturated rings. The summed E-state index contributed by atoms with van der Waals surface area (Å²) in [6.07, 6.45) is 3.34. The molecule has 0 aliphatic carbocycles. The van der Waals surface area contributed by atoms with Crippen molar-refractivity contribution in [3.63, 3.8) is 0 Å². The van der Waals surface area contributed by atoms with Gasteiger partial charge in [0, 0.05) is 16.6 Å². The minimum absolute atomic E-state index is 0.205. The topological polar surface area (TPSA) is 60.7 Å². The number of nitrogens with zero attached hydrogens (tertiary/aromatic N) is 2. The van der Waals surface area contributed by atoms with Crippen molar-refractivity contribution in [3.05, 3.63) is 95.9 Å². The summed E-state index contributed by atoms with van der Waals surface area (Å²) in [6.45, 7) is 10.8. The quantitative estimate of drug-likeness (QED) is 0.296. The van der Waals surface area contributed by atoms with Gasteiger partial charge in [-0.3, -0.25) is 4.79 Å². The minimum Gasteiger partial charge on any atom is -0.466 e. The van der Waals surface area contributed by atoms with Crippen LogP contribution in [0.4, 0.5) is 0 Å². The molecule has 0 saturated heterocycles. The summed E-state index contributed by atoms with van der Waals surface area (Å²) >= 11 is 0. The number of imidazole rings is 1. The van der Waals surface area contributed by atoms with Gasteiger partial charge in [-0.15, -0.1) is 0 Å². The van der Waals surface area contributed by atoms with Crippen molar-refractivity contribution < 1.29 is 14.0 Å². The van der Waals surface area contributed by atoms with Gasteiger partial charge in [-0.1, -0.05) is 87.5 Å². The maximum atomic E-state index is 12.0. The zero-order valence-electron chi connectivity index (χ0n) is 21.2. The van der Waals surface area contributed by atoms with Crippen molar-refractivity contribution in [2.45, 2.75) is 47.5 Å². The zero-order chi connectivity index (χ0) is 25.4. The number of ether oxygens (including phenoxy) is 1. The second kappa shape index (κ2) is 11.8. The van der Waals surface area contributed by atoms with Gasteiger partial charge in [0.1, 0.15) is 5.65 Å². The molecule has 2 aromatic carbocycles. The summed E-state index contributed by atoms with van der Waals surface area (Å²) in [5.41, 5.74) is 4.15. The van der Waals surface area contributed by atoms with Crippen LogP contribution >= 0.6 is 0 Å². The Morgan fingerprint density at radius 2 is 1.51 bits per heavy atom. The Morgan fingerprint density at radius 3 is 2.03 bits per heavy atom. The summed E-state index contributed by atoms with van der Waals surface area (Å²) in [6, 6.07) is 23.3. The predicted octanol–water partition coefficient (Wildman–Crippen LogP) is 4.56. The summed E-state index contributed by atoms with van der Waals surface area (Å²) in [5.74, 6) is -0.205. The van der Waals surface area contributed by atoms with Gasteiger partial charge in [-0.05, 0) is 37.3 Å². The zero-order valence-corrected chi connectivity index (χ0v) is 22.2. The molecule has 6 heteroatoms. The number of aryl methyl sites for hydroxylation is 1. The molecule has 4 aromatic rings. The van der Waals surface area contributed by atoms with E-state index >= 15 is 0 Å². The SMILES string of the molecule is CCOC(=O)Cc1c(C)nc2ccc(CC(C)(C)C)cn12.O=[Si](c1ccccc1)c1ccccc1. The molecule has 0 N–H and O–H groups in total. The maximum Gasteiger partial charge on any atom is 0.346 e. The van der Waals surface area contributed by atoms with Crippen LogP contribution in [-0.4, -0.2) is 30.6 Å². The number of rotatable bonds is 6. The van der Waals surface area contributed by atoms with Gasteiger partial charge in [0.15, 0.2) is 0 Å². The van der Waals surface area contributed by atoms with Gasteiger partial charge in [-0.2, -0.15) is 0 Å². The number of aromatic nitrogens is 2. The Bertz CT molecular complexity index is 1230. The highest BCUT2D eigenvalue weighted by Gasteiger charge is 2.16. The molecule has 0 aliphatic rings. The number of carbonyl (C=O) groups is 1. The number of hydrogen-bond acceptors (Lipinski definition) is 4. The molecule has 0 spiro atoms. The van der Waals surface area contributed by atoms with Crippen molar-refractivity contribution >= 4 is 30.7 Å². The molecule has 182 valence electrons. The van der Waals surface area contributed by atoms with E-state index in [1.165, 1.54) is 5.56 Å². The second-order valence-electron chi connectivity index (χ2n) is 9.69. The number of hydrogen-bond donors (Lipinski definition) is 0. The van der Waals surface area contributed by atoms with E-state index in [0.29, 0.717) is 6.61 Å². The first kappa shape index (κ1) is 26.2. The average molecular weight is 487 g/mol. The van der Waals surface area contributed by atoms with Gasteiger partial charge >= 0.3 is 14.7 Å². The maximum absolute atomic E-state index is 12.0. The summed E-state index contributed by atoms with van der Waals surface area (Å²) in [7, 11) is -1.79. The Balaban J connectivity index is 0.000000211. The van der Waals surface area contributed by atoms with Gasteiger partial charge in [0.05, 0.1) is 24.4 Å². The smallest absolute Gasteiger partial charge is 0.346 e. The first-order valence-corrected chi connectivity index (χ1v) is 13.4. The lowest BCUT2D eigenvalue weighted by Gasteiger charge is -2.18. The normalized spacial score (nSPS) is 11.0.